The zero-order chi connectivity index (χ0) is 8.31. The second-order valence-corrected chi connectivity index (χ2v) is 1.47. The van der Waals surface area contributed by atoms with E-state index in [-0.39, 0.29) is 0 Å². The zero-order valence-electron chi connectivity index (χ0n) is 5.00. The van der Waals surface area contributed by atoms with Crippen LogP contribution in [0.3, 0.4) is 0 Å². The normalized spacial score (nSPS) is 8.40. The summed E-state index contributed by atoms with van der Waals surface area (Å²) in [6, 6.07) is 0. The van der Waals surface area contributed by atoms with Crippen molar-refractivity contribution in [3.8, 4) is 0 Å². The van der Waals surface area contributed by atoms with Crippen molar-refractivity contribution in [3.63, 3.8) is 0 Å². The van der Waals surface area contributed by atoms with Gasteiger partial charge in [-0.05, 0) is 4.92 Å². The van der Waals surface area contributed by atoms with E-state index in [0.717, 1.165) is 0 Å². The van der Waals surface area contributed by atoms with Crippen molar-refractivity contribution in [3.05, 3.63) is 21.6 Å². The third-order valence-corrected chi connectivity index (χ3v) is 0.749. The predicted octanol–water partition coefficient (Wildman–Crippen LogP) is -1.71. The molecule has 0 spiro atoms. The summed E-state index contributed by atoms with van der Waals surface area (Å²) in [6.07, 6.45) is 0. The summed E-state index contributed by atoms with van der Waals surface area (Å²) in [5, 5.41) is 16.4. The smallest absolute Gasteiger partial charge is 0.382 e. The van der Waals surface area contributed by atoms with Gasteiger partial charge in [-0.1, -0.05) is 5.41 Å². The molecule has 0 atom stereocenters. The van der Waals surface area contributed by atoms with Crippen LogP contribution in [0.5, 0.6) is 0 Å². The lowest BCUT2D eigenvalue weighted by Crippen LogP contribution is -2.27. The third-order valence-electron chi connectivity index (χ3n) is 0.749. The maximum atomic E-state index is 9.80. The van der Waals surface area contributed by atoms with Crippen LogP contribution in [-0.4, -0.2) is 10.8 Å². The Morgan fingerprint density at radius 2 is 1.80 bits per heavy atom. The van der Waals surface area contributed by atoms with Crippen molar-refractivity contribution < 1.29 is 4.92 Å². The molecule has 0 aromatic heterocycles. The average molecular weight is 145 g/mol. The molecule has 0 saturated heterocycles. The first-order chi connectivity index (χ1) is 4.46. The average Bonchev–Trinajstić information content (AvgIpc) is 1.84. The van der Waals surface area contributed by atoms with Gasteiger partial charge in [0.25, 0.3) is 0 Å². The molecular weight excluding hydrogens is 138 g/mol. The maximum absolute atomic E-state index is 9.80. The van der Waals surface area contributed by atoms with Crippen LogP contribution in [0.25, 0.3) is 0 Å². The van der Waals surface area contributed by atoms with Crippen LogP contribution < -0.4 is 17.2 Å². The molecule has 0 aromatic rings. The van der Waals surface area contributed by atoms with E-state index in [1.165, 1.54) is 0 Å². The van der Waals surface area contributed by atoms with Crippen LogP contribution in [0.4, 0.5) is 0 Å². The van der Waals surface area contributed by atoms with Crippen LogP contribution in [0, 0.1) is 15.5 Å². The lowest BCUT2D eigenvalue weighted by molar-refractivity contribution is -0.350. The van der Waals surface area contributed by atoms with Gasteiger partial charge in [-0.2, -0.15) is 0 Å². The van der Waals surface area contributed by atoms with Crippen LogP contribution in [0.15, 0.2) is 11.5 Å². The summed E-state index contributed by atoms with van der Waals surface area (Å²) in [7, 11) is 0. The summed E-state index contributed by atoms with van der Waals surface area (Å²) in [6.45, 7) is 0. The Labute approximate surface area is 56.1 Å². The molecule has 7 nitrogen and oxygen atoms in total. The van der Waals surface area contributed by atoms with Gasteiger partial charge in [-0.25, -0.2) is 0 Å². The van der Waals surface area contributed by atoms with Crippen molar-refractivity contribution in [2.24, 2.45) is 17.2 Å². The van der Waals surface area contributed by atoms with E-state index in [0.29, 0.717) is 0 Å². The Hall–Kier alpha value is -1.79. The third kappa shape index (κ3) is 1.62. The first kappa shape index (κ1) is 8.21. The molecule has 0 rings (SSSR count). The molecule has 0 bridgehead atoms. The van der Waals surface area contributed by atoms with E-state index >= 15 is 0 Å². The number of hydrogen-bond acceptors (Lipinski definition) is 6. The molecule has 56 valence electrons. The fourth-order valence-electron chi connectivity index (χ4n) is 0.235. The van der Waals surface area contributed by atoms with Gasteiger partial charge in [-0.3, -0.25) is 0 Å². The molecule has 7 N–H and O–H groups in total. The minimum absolute atomic E-state index is 0.415. The minimum atomic E-state index is -0.986. The number of hydrogen-bond donors (Lipinski definition) is 4. The van der Waals surface area contributed by atoms with Gasteiger partial charge in [0.2, 0.25) is 0 Å². The van der Waals surface area contributed by atoms with Crippen molar-refractivity contribution >= 4 is 5.84 Å². The molecule has 7 heteroatoms. The lowest BCUT2D eigenvalue weighted by Gasteiger charge is -1.97. The van der Waals surface area contributed by atoms with Gasteiger partial charge in [0.05, 0.1) is 0 Å². The monoisotopic (exact) mass is 145 g/mol. The number of rotatable bonds is 1. The first-order valence-corrected chi connectivity index (χ1v) is 2.20. The van der Waals surface area contributed by atoms with Crippen molar-refractivity contribution in [1.82, 2.24) is 0 Å². The van der Waals surface area contributed by atoms with Gasteiger partial charge in [0, 0.05) is 0 Å². The minimum Gasteiger partial charge on any atom is -0.389 e. The summed E-state index contributed by atoms with van der Waals surface area (Å²) in [4.78, 5) is 8.82. The van der Waals surface area contributed by atoms with Crippen molar-refractivity contribution in [2.45, 2.75) is 0 Å². The highest BCUT2D eigenvalue weighted by Crippen LogP contribution is 1.87. The van der Waals surface area contributed by atoms with E-state index in [1.54, 1.807) is 0 Å². The second kappa shape index (κ2) is 2.67. The summed E-state index contributed by atoms with van der Waals surface area (Å²) in [5.41, 5.74) is 14.1. The molecule has 0 aromatic carbocycles. The first-order valence-electron chi connectivity index (χ1n) is 2.20. The Morgan fingerprint density at radius 1 is 1.40 bits per heavy atom. The molecule has 0 fully saturated rings. The molecule has 0 radical (unpaired) electrons. The van der Waals surface area contributed by atoms with Crippen LogP contribution >= 0.6 is 0 Å². The highest BCUT2D eigenvalue weighted by atomic mass is 16.6. The topological polar surface area (TPSA) is 145 Å². The van der Waals surface area contributed by atoms with Crippen molar-refractivity contribution in [1.29, 1.82) is 5.41 Å². The number of nitrogens with two attached hydrogens (primary N) is 3. The zero-order valence-corrected chi connectivity index (χ0v) is 5.00. The number of amidine groups is 1. The lowest BCUT2D eigenvalue weighted by atomic mass is 10.4. The van der Waals surface area contributed by atoms with Gasteiger partial charge in [0.1, 0.15) is 5.82 Å². The van der Waals surface area contributed by atoms with E-state index in [2.05, 4.69) is 0 Å². The van der Waals surface area contributed by atoms with Gasteiger partial charge < -0.3 is 27.3 Å². The summed E-state index contributed by atoms with van der Waals surface area (Å²) < 4.78 is 0. The Morgan fingerprint density at radius 3 is 1.90 bits per heavy atom. The van der Waals surface area contributed by atoms with E-state index < -0.39 is 22.3 Å². The summed E-state index contributed by atoms with van der Waals surface area (Å²) >= 11 is 0. The number of nitrogens with one attached hydrogen (secondary N) is 1. The highest BCUT2D eigenvalue weighted by Gasteiger charge is 2.13. The van der Waals surface area contributed by atoms with Gasteiger partial charge in [-0.15, -0.1) is 0 Å². The largest absolute Gasteiger partial charge is 0.389 e. The Kier molecular flexibility index (Phi) is 2.19. The molecule has 10 heavy (non-hydrogen) atoms. The fourth-order valence-corrected chi connectivity index (χ4v) is 0.235. The van der Waals surface area contributed by atoms with Crippen LogP contribution in [-0.2, 0) is 0 Å². The quantitative estimate of drug-likeness (QED) is 0.150. The molecule has 0 saturated carbocycles. The van der Waals surface area contributed by atoms with Gasteiger partial charge in [0.15, 0.2) is 5.70 Å². The van der Waals surface area contributed by atoms with E-state index in [9.17, 15) is 10.1 Å². The molecular formula is C3H7N5O2. The molecule has 0 aliphatic heterocycles. The predicted molar refractivity (Wildman–Crippen MR) is 34.3 cm³/mol. The maximum Gasteiger partial charge on any atom is 0.382 e. The van der Waals surface area contributed by atoms with E-state index in [1.807, 2.05) is 0 Å². The molecule has 0 aliphatic carbocycles. The fraction of sp³-hybridized carbons (Fsp3) is 0. The number of nitrogens with zero attached hydrogens (tertiary/aromatic N) is 1. The van der Waals surface area contributed by atoms with Crippen molar-refractivity contribution in [2.75, 3.05) is 0 Å². The summed E-state index contributed by atoms with van der Waals surface area (Å²) in [5.74, 6) is -1.40. The van der Waals surface area contributed by atoms with Gasteiger partial charge >= 0.3 is 5.84 Å². The van der Waals surface area contributed by atoms with Crippen LogP contribution in [0.2, 0.25) is 0 Å². The van der Waals surface area contributed by atoms with E-state index in [4.69, 9.17) is 22.6 Å². The molecule has 0 heterocycles. The Bertz CT molecular complexity index is 203. The standard InChI is InChI=1S/C3H7N5O2/c4-1(2(5)6)3(7)8(9)10/h7H,4-6H2. The second-order valence-electron chi connectivity index (χ2n) is 1.47. The molecule has 0 aliphatic rings. The highest BCUT2D eigenvalue weighted by molar-refractivity contribution is 5.88. The molecule has 0 amide bonds. The Balaban J connectivity index is 4.54. The number of nitro groups is 1. The van der Waals surface area contributed by atoms with Crippen LogP contribution in [0.1, 0.15) is 0 Å². The SMILES string of the molecule is N=C(C(N)=C(N)N)[N+](=O)[O-]. The molecule has 0 unspecified atom stereocenters.